The Morgan fingerprint density at radius 1 is 0.842 bits per heavy atom. The zero-order chi connectivity index (χ0) is 14.6. The Hall–Kier alpha value is 0.274. The van der Waals surface area contributed by atoms with Crippen LogP contribution in [0.25, 0.3) is 0 Å². The molecule has 0 rings (SSSR count). The van der Waals surface area contributed by atoms with Crippen molar-refractivity contribution in [2.45, 2.75) is 66.2 Å². The molecule has 0 aliphatic rings. The maximum absolute atomic E-state index is 10.5. The van der Waals surface area contributed by atoms with Gasteiger partial charge >= 0.3 is 16.5 Å². The smallest absolute Gasteiger partial charge is 0.742 e. The van der Waals surface area contributed by atoms with Gasteiger partial charge in [-0.3, -0.25) is 0 Å². The number of rotatable bonds is 8. The van der Waals surface area contributed by atoms with Crippen LogP contribution in [0.1, 0.15) is 66.2 Å². The topological polar surface area (TPSA) is 34.1 Å². The molecule has 0 aliphatic heterocycles. The molecule has 0 saturated heterocycles. The van der Waals surface area contributed by atoms with E-state index in [1.54, 1.807) is 0 Å². The fourth-order valence-electron chi connectivity index (χ4n) is 1.26. The Kier molecular flexibility index (Phi) is 20.9. The minimum atomic E-state index is -0.0940. The van der Waals surface area contributed by atoms with Crippen LogP contribution in [0, 0.1) is 11.8 Å². The molecule has 0 heterocycles. The first kappa shape index (κ1) is 24.3. The maximum Gasteiger partial charge on any atom is 2.00 e. The van der Waals surface area contributed by atoms with Crippen molar-refractivity contribution < 1.29 is 26.1 Å². The van der Waals surface area contributed by atoms with Crippen LogP contribution in [0.5, 0.6) is 0 Å². The SMILES string of the molecule is CCCCC(C)C(=O)[S-].CCCCC(C)C(=O)[S-].[Ni+2]. The van der Waals surface area contributed by atoms with Crippen LogP contribution < -0.4 is 0 Å². The number of unbranched alkanes of at least 4 members (excludes halogenated alkanes) is 2. The van der Waals surface area contributed by atoms with Gasteiger partial charge in [0.1, 0.15) is 0 Å². The van der Waals surface area contributed by atoms with E-state index >= 15 is 0 Å². The standard InChI is InChI=1S/2C7H14OS.Ni/c2*1-3-4-5-6(2)7(8)9;/h2*6H,3-5H2,1-2H3,(H,8,9);/q;;+2/p-2. The summed E-state index contributed by atoms with van der Waals surface area (Å²) >= 11 is 8.95. The largest absolute Gasteiger partial charge is 2.00 e. The second kappa shape index (κ2) is 16.3. The van der Waals surface area contributed by atoms with E-state index in [9.17, 15) is 9.59 Å². The third-order valence-electron chi connectivity index (χ3n) is 2.79. The third kappa shape index (κ3) is 18.3. The van der Waals surface area contributed by atoms with Crippen molar-refractivity contribution in [2.75, 3.05) is 0 Å². The van der Waals surface area contributed by atoms with E-state index in [1.807, 2.05) is 13.8 Å². The average Bonchev–Trinajstić information content (AvgIpc) is 2.33. The van der Waals surface area contributed by atoms with Crippen molar-refractivity contribution in [3.8, 4) is 0 Å². The summed E-state index contributed by atoms with van der Waals surface area (Å²) in [5.41, 5.74) is 0. The molecule has 116 valence electrons. The summed E-state index contributed by atoms with van der Waals surface area (Å²) in [6, 6.07) is 0. The van der Waals surface area contributed by atoms with Crippen LogP contribution in [-0.2, 0) is 51.3 Å². The summed E-state index contributed by atoms with van der Waals surface area (Å²) in [7, 11) is 0. The average molecular weight is 349 g/mol. The van der Waals surface area contributed by atoms with Crippen LogP contribution in [0.15, 0.2) is 0 Å². The van der Waals surface area contributed by atoms with Gasteiger partial charge in [0.15, 0.2) is 0 Å². The van der Waals surface area contributed by atoms with Gasteiger partial charge in [-0.15, -0.1) is 0 Å². The number of hydrogen-bond acceptors (Lipinski definition) is 4. The Labute approximate surface area is 139 Å². The van der Waals surface area contributed by atoms with Crippen LogP contribution >= 0.6 is 0 Å². The van der Waals surface area contributed by atoms with E-state index in [0.717, 1.165) is 38.5 Å². The second-order valence-electron chi connectivity index (χ2n) is 4.72. The predicted molar refractivity (Wildman–Crippen MR) is 82.1 cm³/mol. The molecule has 0 aromatic heterocycles. The molecule has 2 unspecified atom stereocenters. The Bertz CT molecular complexity index is 211. The van der Waals surface area contributed by atoms with E-state index < -0.39 is 0 Å². The van der Waals surface area contributed by atoms with Gasteiger partial charge in [-0.1, -0.05) is 53.4 Å². The van der Waals surface area contributed by atoms with Crippen LogP contribution in [0.2, 0.25) is 0 Å². The first-order valence-corrected chi connectivity index (χ1v) is 7.60. The minimum absolute atomic E-state index is 0. The second-order valence-corrected chi connectivity index (χ2v) is 5.53. The molecule has 2 nitrogen and oxygen atoms in total. The normalized spacial score (nSPS) is 12.4. The quantitative estimate of drug-likeness (QED) is 0.494. The van der Waals surface area contributed by atoms with E-state index in [1.165, 1.54) is 0 Å². The van der Waals surface area contributed by atoms with Crippen molar-refractivity contribution in [3.63, 3.8) is 0 Å². The summed E-state index contributed by atoms with van der Waals surface area (Å²) in [6.45, 7) is 8.01. The van der Waals surface area contributed by atoms with Crippen molar-refractivity contribution in [1.29, 1.82) is 0 Å². The van der Waals surface area contributed by atoms with E-state index in [0.29, 0.717) is 0 Å². The molecule has 0 fully saturated rings. The van der Waals surface area contributed by atoms with Gasteiger partial charge in [0.25, 0.3) is 0 Å². The molecule has 0 radical (unpaired) electrons. The molecule has 0 amide bonds. The van der Waals surface area contributed by atoms with Gasteiger partial charge in [0.2, 0.25) is 0 Å². The summed E-state index contributed by atoms with van der Waals surface area (Å²) in [5.74, 6) is 0.194. The zero-order valence-corrected chi connectivity index (χ0v) is 15.0. The van der Waals surface area contributed by atoms with Crippen molar-refractivity contribution >= 4 is 35.5 Å². The van der Waals surface area contributed by atoms with Gasteiger partial charge < -0.3 is 34.8 Å². The molecule has 0 N–H and O–H groups in total. The molecule has 0 aromatic rings. The van der Waals surface area contributed by atoms with Crippen molar-refractivity contribution in [3.05, 3.63) is 0 Å². The Morgan fingerprint density at radius 2 is 1.11 bits per heavy atom. The molecule has 0 saturated carbocycles. The molecular formula is C14H26NiO2S2. The monoisotopic (exact) mass is 348 g/mol. The molecular weight excluding hydrogens is 323 g/mol. The van der Waals surface area contributed by atoms with Gasteiger partial charge in [-0.25, -0.2) is 0 Å². The Morgan fingerprint density at radius 3 is 1.26 bits per heavy atom. The number of carbonyl (C=O) groups is 2. The molecule has 0 bridgehead atoms. The molecule has 0 spiro atoms. The first-order valence-electron chi connectivity index (χ1n) is 6.78. The van der Waals surface area contributed by atoms with Gasteiger partial charge in [0, 0.05) is 10.2 Å². The van der Waals surface area contributed by atoms with Crippen molar-refractivity contribution in [2.24, 2.45) is 11.8 Å². The van der Waals surface area contributed by atoms with Crippen LogP contribution in [0.4, 0.5) is 0 Å². The zero-order valence-electron chi connectivity index (χ0n) is 12.3. The molecule has 0 aromatic carbocycles. The molecule has 19 heavy (non-hydrogen) atoms. The summed E-state index contributed by atoms with van der Waals surface area (Å²) in [4.78, 5) is 20.9. The molecule has 2 atom stereocenters. The predicted octanol–water partition coefficient (Wildman–Crippen LogP) is 3.77. The first-order chi connectivity index (χ1) is 8.36. The Balaban J connectivity index is -0.000000256. The molecule has 0 aliphatic carbocycles. The van der Waals surface area contributed by atoms with E-state index in [4.69, 9.17) is 0 Å². The maximum atomic E-state index is 10.5. The minimum Gasteiger partial charge on any atom is -0.742 e. The van der Waals surface area contributed by atoms with E-state index in [-0.39, 0.29) is 38.6 Å². The fraction of sp³-hybridized carbons (Fsp3) is 0.857. The summed E-state index contributed by atoms with van der Waals surface area (Å²) in [6.07, 6.45) is 6.44. The third-order valence-corrected chi connectivity index (χ3v) is 3.59. The van der Waals surface area contributed by atoms with Gasteiger partial charge in [-0.05, 0) is 24.7 Å². The number of hydrogen-bond donors (Lipinski definition) is 0. The molecule has 5 heteroatoms. The summed E-state index contributed by atoms with van der Waals surface area (Å²) in [5, 5.41) is -0.188. The summed E-state index contributed by atoms with van der Waals surface area (Å²) < 4.78 is 0. The van der Waals surface area contributed by atoms with Crippen LogP contribution in [-0.4, -0.2) is 10.2 Å². The fourth-order valence-corrected chi connectivity index (χ4v) is 1.49. The van der Waals surface area contributed by atoms with Gasteiger partial charge in [-0.2, -0.15) is 0 Å². The van der Waals surface area contributed by atoms with Crippen LogP contribution in [0.3, 0.4) is 0 Å². The van der Waals surface area contributed by atoms with Crippen molar-refractivity contribution in [1.82, 2.24) is 0 Å². The van der Waals surface area contributed by atoms with E-state index in [2.05, 4.69) is 39.1 Å². The van der Waals surface area contributed by atoms with Gasteiger partial charge in [0.05, 0.1) is 0 Å². The number of carbonyl (C=O) groups excluding carboxylic acids is 2.